The Morgan fingerprint density at radius 3 is 2.91 bits per heavy atom. The van der Waals surface area contributed by atoms with Gasteiger partial charge in [-0.25, -0.2) is 9.97 Å². The molecular formula is C14H21N7OS. The van der Waals surface area contributed by atoms with E-state index in [1.54, 1.807) is 0 Å². The highest BCUT2D eigenvalue weighted by atomic mass is 32.2. The molecule has 3 heterocycles. The van der Waals surface area contributed by atoms with Crippen LogP contribution in [0.2, 0.25) is 0 Å². The molecule has 2 aromatic heterocycles. The summed E-state index contributed by atoms with van der Waals surface area (Å²) in [5, 5.41) is 14.7. The highest BCUT2D eigenvalue weighted by Gasteiger charge is 2.27. The molecule has 1 amide bonds. The molecule has 0 spiro atoms. The van der Waals surface area contributed by atoms with Crippen molar-refractivity contribution in [1.82, 2.24) is 35.3 Å². The lowest BCUT2D eigenvalue weighted by Gasteiger charge is -2.31. The van der Waals surface area contributed by atoms with Crippen LogP contribution in [0.1, 0.15) is 43.2 Å². The summed E-state index contributed by atoms with van der Waals surface area (Å²) in [5.74, 6) is 3.18. The van der Waals surface area contributed by atoms with Crippen molar-refractivity contribution in [3.05, 3.63) is 17.5 Å². The molecule has 0 bridgehead atoms. The number of aryl methyl sites for hydroxylation is 2. The molecule has 1 unspecified atom stereocenters. The molecule has 1 aliphatic heterocycles. The van der Waals surface area contributed by atoms with Crippen LogP contribution in [0.4, 0.5) is 0 Å². The molecule has 8 nitrogen and oxygen atoms in total. The van der Waals surface area contributed by atoms with E-state index in [1.165, 1.54) is 11.8 Å². The minimum absolute atomic E-state index is 0.120. The van der Waals surface area contributed by atoms with Crippen LogP contribution in [-0.4, -0.2) is 60.0 Å². The molecule has 2 N–H and O–H groups in total. The van der Waals surface area contributed by atoms with Crippen LogP contribution in [0.25, 0.3) is 0 Å². The number of aromatic nitrogens is 6. The van der Waals surface area contributed by atoms with E-state index in [9.17, 15) is 4.79 Å². The molecule has 1 saturated heterocycles. The van der Waals surface area contributed by atoms with Gasteiger partial charge in [0.05, 0.1) is 5.75 Å². The Bertz CT molecular complexity index is 668. The normalized spacial score (nSPS) is 18.3. The molecule has 1 atom stereocenters. The second-order valence-corrected chi connectivity index (χ2v) is 6.61. The van der Waals surface area contributed by atoms with Crippen LogP contribution >= 0.6 is 11.8 Å². The third-order valence-electron chi connectivity index (χ3n) is 3.92. The van der Waals surface area contributed by atoms with Gasteiger partial charge in [0.15, 0.2) is 5.82 Å². The molecule has 0 radical (unpaired) electrons. The van der Waals surface area contributed by atoms with E-state index in [-0.39, 0.29) is 11.8 Å². The Morgan fingerprint density at radius 2 is 2.22 bits per heavy atom. The SMILES string of the molecule is CCc1nc(SCC(=O)N2CCCC(c3n[nH]c(C)n3)C2)n[nH]1. The number of thioether (sulfide) groups is 1. The molecule has 9 heteroatoms. The number of carbonyl (C=O) groups is 1. The Morgan fingerprint density at radius 1 is 1.35 bits per heavy atom. The Labute approximate surface area is 138 Å². The minimum atomic E-state index is 0.120. The first-order valence-corrected chi connectivity index (χ1v) is 8.85. The van der Waals surface area contributed by atoms with Crippen LogP contribution in [-0.2, 0) is 11.2 Å². The van der Waals surface area contributed by atoms with Crippen molar-refractivity contribution < 1.29 is 4.79 Å². The highest BCUT2D eigenvalue weighted by molar-refractivity contribution is 7.99. The number of carbonyl (C=O) groups excluding carboxylic acids is 1. The number of rotatable bonds is 5. The lowest BCUT2D eigenvalue weighted by atomic mass is 9.97. The number of nitrogens with one attached hydrogen (secondary N) is 2. The number of hydrogen-bond acceptors (Lipinski definition) is 6. The highest BCUT2D eigenvalue weighted by Crippen LogP contribution is 2.25. The monoisotopic (exact) mass is 335 g/mol. The van der Waals surface area contributed by atoms with Crippen LogP contribution in [0.3, 0.4) is 0 Å². The minimum Gasteiger partial charge on any atom is -0.341 e. The predicted molar refractivity (Wildman–Crippen MR) is 86.2 cm³/mol. The van der Waals surface area contributed by atoms with Gasteiger partial charge in [0.25, 0.3) is 0 Å². The number of likely N-dealkylation sites (tertiary alicyclic amines) is 1. The van der Waals surface area contributed by atoms with Gasteiger partial charge < -0.3 is 4.90 Å². The summed E-state index contributed by atoms with van der Waals surface area (Å²) < 4.78 is 0. The zero-order valence-corrected chi connectivity index (χ0v) is 14.2. The molecule has 0 aromatic carbocycles. The fraction of sp³-hybridized carbons (Fsp3) is 0.643. The zero-order valence-electron chi connectivity index (χ0n) is 13.4. The lowest BCUT2D eigenvalue weighted by Crippen LogP contribution is -2.40. The Kier molecular flexibility index (Phi) is 4.94. The Hall–Kier alpha value is -1.90. The first-order chi connectivity index (χ1) is 11.2. The standard InChI is InChI=1S/C14H21N7OS/c1-3-11-16-14(20-18-11)23-8-12(22)21-6-4-5-10(7-21)13-15-9(2)17-19-13/h10H,3-8H2,1-2H3,(H,15,17,19)(H,16,18,20). The fourth-order valence-corrected chi connectivity index (χ4v) is 3.40. The van der Waals surface area contributed by atoms with Crippen molar-refractivity contribution >= 4 is 17.7 Å². The summed E-state index contributed by atoms with van der Waals surface area (Å²) in [4.78, 5) is 23.0. The van der Waals surface area contributed by atoms with Gasteiger partial charge in [-0.3, -0.25) is 15.0 Å². The molecular weight excluding hydrogens is 314 g/mol. The van der Waals surface area contributed by atoms with Gasteiger partial charge in [-0.15, -0.1) is 5.10 Å². The molecule has 1 aliphatic rings. The summed E-state index contributed by atoms with van der Waals surface area (Å²) in [5.41, 5.74) is 0. The lowest BCUT2D eigenvalue weighted by molar-refractivity contribution is -0.129. The Balaban J connectivity index is 1.54. The number of hydrogen-bond donors (Lipinski definition) is 2. The number of amides is 1. The van der Waals surface area contributed by atoms with Crippen LogP contribution in [0.5, 0.6) is 0 Å². The van der Waals surface area contributed by atoms with E-state index in [0.717, 1.165) is 43.3 Å². The maximum Gasteiger partial charge on any atom is 0.233 e. The van der Waals surface area contributed by atoms with E-state index in [0.29, 0.717) is 17.5 Å². The molecule has 1 fully saturated rings. The van der Waals surface area contributed by atoms with Crippen LogP contribution in [0.15, 0.2) is 5.16 Å². The van der Waals surface area contributed by atoms with Gasteiger partial charge in [0, 0.05) is 25.4 Å². The third kappa shape index (κ3) is 3.90. The van der Waals surface area contributed by atoms with Gasteiger partial charge in [0.1, 0.15) is 11.6 Å². The van der Waals surface area contributed by atoms with Crippen LogP contribution in [0, 0.1) is 6.92 Å². The van der Waals surface area contributed by atoms with Gasteiger partial charge in [0.2, 0.25) is 11.1 Å². The van der Waals surface area contributed by atoms with Crippen molar-refractivity contribution in [3.8, 4) is 0 Å². The summed E-state index contributed by atoms with van der Waals surface area (Å²) in [7, 11) is 0. The van der Waals surface area contributed by atoms with E-state index < -0.39 is 0 Å². The van der Waals surface area contributed by atoms with Gasteiger partial charge in [-0.1, -0.05) is 18.7 Å². The fourth-order valence-electron chi connectivity index (χ4n) is 2.68. The maximum absolute atomic E-state index is 12.4. The first kappa shape index (κ1) is 16.0. The smallest absolute Gasteiger partial charge is 0.233 e. The number of H-pyrrole nitrogens is 2. The molecule has 124 valence electrons. The summed E-state index contributed by atoms with van der Waals surface area (Å²) in [6.45, 7) is 5.39. The van der Waals surface area contributed by atoms with Crippen molar-refractivity contribution in [1.29, 1.82) is 0 Å². The number of piperidine rings is 1. The summed E-state index contributed by atoms with van der Waals surface area (Å²) >= 11 is 1.38. The van der Waals surface area contributed by atoms with Crippen LogP contribution < -0.4 is 0 Å². The third-order valence-corrected chi connectivity index (χ3v) is 4.76. The average molecular weight is 335 g/mol. The van der Waals surface area contributed by atoms with E-state index in [4.69, 9.17) is 0 Å². The predicted octanol–water partition coefficient (Wildman–Crippen LogP) is 1.29. The van der Waals surface area contributed by atoms with E-state index in [2.05, 4.69) is 30.4 Å². The second kappa shape index (κ2) is 7.12. The number of nitrogens with zero attached hydrogens (tertiary/aromatic N) is 5. The largest absolute Gasteiger partial charge is 0.341 e. The van der Waals surface area contributed by atoms with Gasteiger partial charge >= 0.3 is 0 Å². The quantitative estimate of drug-likeness (QED) is 0.798. The van der Waals surface area contributed by atoms with E-state index >= 15 is 0 Å². The van der Waals surface area contributed by atoms with Crippen molar-refractivity contribution in [2.75, 3.05) is 18.8 Å². The average Bonchev–Trinajstić information content (AvgIpc) is 3.21. The van der Waals surface area contributed by atoms with Crippen molar-refractivity contribution in [2.45, 2.75) is 44.2 Å². The maximum atomic E-state index is 12.4. The molecule has 0 saturated carbocycles. The van der Waals surface area contributed by atoms with E-state index in [1.807, 2.05) is 18.7 Å². The van der Waals surface area contributed by atoms with Gasteiger partial charge in [-0.05, 0) is 19.8 Å². The molecule has 2 aromatic rings. The summed E-state index contributed by atoms with van der Waals surface area (Å²) in [6, 6.07) is 0. The molecule has 3 rings (SSSR count). The summed E-state index contributed by atoms with van der Waals surface area (Å²) in [6.07, 6.45) is 2.82. The first-order valence-electron chi connectivity index (χ1n) is 7.86. The molecule has 23 heavy (non-hydrogen) atoms. The van der Waals surface area contributed by atoms with Gasteiger partial charge in [-0.2, -0.15) is 5.10 Å². The zero-order chi connectivity index (χ0) is 16.2. The van der Waals surface area contributed by atoms with Crippen molar-refractivity contribution in [2.24, 2.45) is 0 Å². The topological polar surface area (TPSA) is 103 Å². The second-order valence-electron chi connectivity index (χ2n) is 5.66. The molecule has 0 aliphatic carbocycles. The van der Waals surface area contributed by atoms with Crippen molar-refractivity contribution in [3.63, 3.8) is 0 Å². The number of aromatic amines is 2.